The van der Waals surface area contributed by atoms with Gasteiger partial charge in [0.05, 0.1) is 78.4 Å². The highest BCUT2D eigenvalue weighted by Gasteiger charge is 2.27. The smallest absolute Gasteiger partial charge is 0.337 e. The van der Waals surface area contributed by atoms with Crippen molar-refractivity contribution in [2.24, 2.45) is 0 Å². The molecule has 5 aromatic rings. The summed E-state index contributed by atoms with van der Waals surface area (Å²) in [6.07, 6.45) is 4.95. The molecule has 0 spiro atoms. The Hall–Kier alpha value is -4.59. The Morgan fingerprint density at radius 1 is 1.09 bits per heavy atom. The van der Waals surface area contributed by atoms with Crippen LogP contribution in [0, 0.1) is 17.1 Å². The second-order valence-electron chi connectivity index (χ2n) is 11.7. The van der Waals surface area contributed by atoms with Crippen molar-refractivity contribution in [2.45, 2.75) is 50.9 Å². The van der Waals surface area contributed by atoms with Gasteiger partial charge >= 0.3 is 5.97 Å². The Morgan fingerprint density at radius 3 is 2.66 bits per heavy atom. The van der Waals surface area contributed by atoms with Crippen molar-refractivity contribution in [3.63, 3.8) is 0 Å². The first-order valence-corrected chi connectivity index (χ1v) is 15.0. The highest BCUT2D eigenvalue weighted by molar-refractivity contribution is 5.93. The molecule has 0 radical (unpaired) electrons. The molecule has 0 aliphatic carbocycles. The van der Waals surface area contributed by atoms with Gasteiger partial charge in [-0.05, 0) is 80.2 Å². The van der Waals surface area contributed by atoms with Gasteiger partial charge in [-0.1, -0.05) is 18.2 Å². The molecule has 2 aromatic heterocycles. The minimum atomic E-state index is -0.382. The number of carbonyl (C=O) groups is 1. The van der Waals surface area contributed by atoms with E-state index >= 15 is 0 Å². The van der Waals surface area contributed by atoms with Gasteiger partial charge in [-0.15, -0.1) is 0 Å². The number of halogens is 1. The molecule has 0 amide bonds. The summed E-state index contributed by atoms with van der Waals surface area (Å²) in [7, 11) is 1.39. The Labute approximate surface area is 254 Å². The molecule has 2 aliphatic heterocycles. The van der Waals surface area contributed by atoms with Gasteiger partial charge in [-0.25, -0.2) is 19.2 Å². The van der Waals surface area contributed by atoms with Gasteiger partial charge in [-0.3, -0.25) is 4.90 Å². The topological polar surface area (TPSA) is 98.2 Å². The number of ether oxygens (including phenoxy) is 2. The van der Waals surface area contributed by atoms with Crippen LogP contribution >= 0.6 is 0 Å². The molecular weight excluding hydrogens is 559 g/mol. The Balaban J connectivity index is 1.07. The molecule has 2 fully saturated rings. The van der Waals surface area contributed by atoms with E-state index < -0.39 is 0 Å². The first-order valence-electron chi connectivity index (χ1n) is 15.0. The van der Waals surface area contributed by atoms with E-state index in [2.05, 4.69) is 21.6 Å². The number of fused-ring (bicyclic) bond motifs is 2. The molecule has 10 heteroatoms. The Bertz CT molecular complexity index is 1890. The number of para-hydroxylation sites is 1. The number of nitrogens with zero attached hydrogens (tertiary/aromatic N) is 6. The number of hydrogen-bond acceptors (Lipinski definition) is 7. The molecule has 0 bridgehead atoms. The van der Waals surface area contributed by atoms with Crippen molar-refractivity contribution < 1.29 is 18.7 Å². The quantitative estimate of drug-likeness (QED) is 0.223. The number of imidazole rings is 2. The molecule has 4 heterocycles. The van der Waals surface area contributed by atoms with Gasteiger partial charge in [-0.2, -0.15) is 5.26 Å². The molecular formula is C34H33FN6O3. The monoisotopic (exact) mass is 592 g/mol. The first-order chi connectivity index (χ1) is 21.5. The van der Waals surface area contributed by atoms with Crippen molar-refractivity contribution in [2.75, 3.05) is 26.8 Å². The summed E-state index contributed by atoms with van der Waals surface area (Å²) in [5.74, 6) is 0.609. The molecule has 44 heavy (non-hydrogen) atoms. The average molecular weight is 593 g/mol. The number of methoxy groups -OCH3 is 1. The van der Waals surface area contributed by atoms with Gasteiger partial charge in [0, 0.05) is 12.2 Å². The summed E-state index contributed by atoms with van der Waals surface area (Å²) in [5.41, 5.74) is 6.32. The van der Waals surface area contributed by atoms with Crippen molar-refractivity contribution in [3.05, 3.63) is 94.8 Å². The third-order valence-corrected chi connectivity index (χ3v) is 9.02. The van der Waals surface area contributed by atoms with Crippen LogP contribution in [0.4, 0.5) is 4.39 Å². The number of esters is 1. The second kappa shape index (κ2) is 11.8. The number of carbonyl (C=O) groups excluding carboxylic acids is 1. The van der Waals surface area contributed by atoms with Crippen LogP contribution in [0.5, 0.6) is 0 Å². The minimum Gasteiger partial charge on any atom is -0.465 e. The maximum absolute atomic E-state index is 14.6. The maximum atomic E-state index is 14.6. The largest absolute Gasteiger partial charge is 0.465 e. The summed E-state index contributed by atoms with van der Waals surface area (Å²) in [4.78, 5) is 24.4. The molecule has 9 nitrogen and oxygen atoms in total. The van der Waals surface area contributed by atoms with Crippen LogP contribution in [0.2, 0.25) is 0 Å². The predicted octanol–water partition coefficient (Wildman–Crippen LogP) is 5.40. The summed E-state index contributed by atoms with van der Waals surface area (Å²) in [5, 5.41) is 9.06. The van der Waals surface area contributed by atoms with Crippen LogP contribution < -0.4 is 0 Å². The molecule has 2 saturated heterocycles. The highest BCUT2D eigenvalue weighted by Crippen LogP contribution is 2.34. The first kappa shape index (κ1) is 28.2. The average Bonchev–Trinajstić information content (AvgIpc) is 3.60. The van der Waals surface area contributed by atoms with E-state index in [0.717, 1.165) is 73.4 Å². The number of piperidine rings is 1. The fraction of sp³-hybridized carbons (Fsp3) is 0.353. The predicted molar refractivity (Wildman–Crippen MR) is 163 cm³/mol. The molecule has 7 rings (SSSR count). The minimum absolute atomic E-state index is 0.160. The van der Waals surface area contributed by atoms with E-state index in [0.29, 0.717) is 35.7 Å². The summed E-state index contributed by atoms with van der Waals surface area (Å²) in [6.45, 7) is 4.42. The molecule has 2 aliphatic rings. The zero-order chi connectivity index (χ0) is 30.2. The number of nitriles is 1. The van der Waals surface area contributed by atoms with Gasteiger partial charge in [0.1, 0.15) is 11.6 Å². The Kier molecular flexibility index (Phi) is 7.58. The van der Waals surface area contributed by atoms with E-state index in [1.807, 2.05) is 28.8 Å². The third-order valence-electron chi connectivity index (χ3n) is 9.02. The van der Waals surface area contributed by atoms with Crippen molar-refractivity contribution >= 4 is 28.0 Å². The van der Waals surface area contributed by atoms with Gasteiger partial charge in [0.15, 0.2) is 0 Å². The fourth-order valence-electron chi connectivity index (χ4n) is 6.47. The van der Waals surface area contributed by atoms with E-state index in [9.17, 15) is 9.18 Å². The van der Waals surface area contributed by atoms with Crippen LogP contribution in [0.15, 0.2) is 60.9 Å². The van der Waals surface area contributed by atoms with Gasteiger partial charge in [0.25, 0.3) is 0 Å². The van der Waals surface area contributed by atoms with Crippen LogP contribution in [0.3, 0.4) is 0 Å². The summed E-state index contributed by atoms with van der Waals surface area (Å²) >= 11 is 0. The van der Waals surface area contributed by atoms with Crippen LogP contribution in [0.25, 0.3) is 22.1 Å². The number of likely N-dealkylation sites (tertiary alicyclic amines) is 1. The zero-order valence-electron chi connectivity index (χ0n) is 24.6. The lowest BCUT2D eigenvalue weighted by Gasteiger charge is -2.33. The number of hydrogen-bond donors (Lipinski definition) is 0. The maximum Gasteiger partial charge on any atom is 0.337 e. The lowest BCUT2D eigenvalue weighted by molar-refractivity contribution is -0.0592. The molecule has 1 atom stereocenters. The SMILES string of the molecule is COC(=O)c1ccc2nc(CN3CCC(c4cccc5c4ncn5Cc4ccc(C#N)cc4F)CC3)n(C[C@@H]3CCO3)c2c1. The molecule has 0 N–H and O–H groups in total. The number of aromatic nitrogens is 4. The fourth-order valence-corrected chi connectivity index (χ4v) is 6.47. The van der Waals surface area contributed by atoms with Crippen molar-refractivity contribution in [1.29, 1.82) is 5.26 Å². The number of benzene rings is 3. The number of rotatable bonds is 8. The van der Waals surface area contributed by atoms with Crippen molar-refractivity contribution in [3.8, 4) is 6.07 Å². The zero-order valence-corrected chi connectivity index (χ0v) is 24.6. The van der Waals surface area contributed by atoms with E-state index in [1.54, 1.807) is 24.5 Å². The van der Waals surface area contributed by atoms with Crippen LogP contribution in [-0.2, 0) is 29.1 Å². The second-order valence-corrected chi connectivity index (χ2v) is 11.7. The lowest BCUT2D eigenvalue weighted by atomic mass is 9.88. The third kappa shape index (κ3) is 5.34. The standard InChI is InChI=1S/C34H33FN6O3/c1-43-34(42)24-7-8-29-31(16-24)41(19-26-11-14-44-26)32(38-29)20-39-12-9-23(10-13-39)27-3-2-4-30-33(27)37-21-40(30)18-25-6-5-22(17-36)15-28(25)35/h2-8,15-16,21,23,26H,9-14,18-20H2,1H3/t26-/m0/s1. The Morgan fingerprint density at radius 2 is 1.93 bits per heavy atom. The van der Waals surface area contributed by atoms with Crippen molar-refractivity contribution in [1.82, 2.24) is 24.0 Å². The normalized spacial score (nSPS) is 17.5. The van der Waals surface area contributed by atoms with E-state index in [4.69, 9.17) is 24.7 Å². The van der Waals surface area contributed by atoms with E-state index in [1.165, 1.54) is 18.7 Å². The van der Waals surface area contributed by atoms with Gasteiger partial charge < -0.3 is 18.6 Å². The summed E-state index contributed by atoms with van der Waals surface area (Å²) in [6, 6.07) is 18.4. The highest BCUT2D eigenvalue weighted by atomic mass is 19.1. The van der Waals surface area contributed by atoms with Crippen LogP contribution in [0.1, 0.15) is 58.1 Å². The summed E-state index contributed by atoms with van der Waals surface area (Å²) < 4.78 is 29.5. The molecule has 0 unspecified atom stereocenters. The lowest BCUT2D eigenvalue weighted by Crippen LogP contribution is -2.35. The van der Waals surface area contributed by atoms with E-state index in [-0.39, 0.29) is 17.9 Å². The molecule has 224 valence electrons. The molecule has 3 aromatic carbocycles. The molecule has 0 saturated carbocycles. The van der Waals surface area contributed by atoms with Gasteiger partial charge in [0.2, 0.25) is 0 Å². The van der Waals surface area contributed by atoms with Crippen LogP contribution in [-0.4, -0.2) is 62.9 Å².